The van der Waals surface area contributed by atoms with Crippen LogP contribution in [0, 0.1) is 0 Å². The summed E-state index contributed by atoms with van der Waals surface area (Å²) in [5, 5.41) is -0.704. The Labute approximate surface area is 125 Å². The fourth-order valence-corrected chi connectivity index (χ4v) is 2.56. The number of benzene rings is 2. The van der Waals surface area contributed by atoms with Gasteiger partial charge in [-0.25, -0.2) is 0 Å². The molecule has 98 valence electrons. The molecule has 2 aromatic rings. The van der Waals surface area contributed by atoms with Crippen molar-refractivity contribution in [3.05, 3.63) is 64.1 Å². The van der Waals surface area contributed by atoms with Gasteiger partial charge in [-0.05, 0) is 33.6 Å². The third-order valence-electron chi connectivity index (χ3n) is 2.76. The molecule has 19 heavy (non-hydrogen) atoms. The second kappa shape index (κ2) is 6.22. The zero-order valence-electron chi connectivity index (χ0n) is 10.3. The minimum Gasteiger partial charge on any atom is -0.496 e. The number of carbonyl (C=O) groups is 1. The van der Waals surface area contributed by atoms with Crippen molar-refractivity contribution in [1.29, 1.82) is 0 Å². The molecular formula is C15H12BrClO2. The Morgan fingerprint density at radius 1 is 1.21 bits per heavy atom. The first-order valence-corrected chi connectivity index (χ1v) is 6.93. The molecule has 0 spiro atoms. The van der Waals surface area contributed by atoms with Crippen molar-refractivity contribution in [2.45, 2.75) is 5.38 Å². The van der Waals surface area contributed by atoms with Crippen molar-refractivity contribution in [1.82, 2.24) is 0 Å². The van der Waals surface area contributed by atoms with Gasteiger partial charge in [-0.2, -0.15) is 0 Å². The van der Waals surface area contributed by atoms with E-state index in [2.05, 4.69) is 15.9 Å². The molecule has 2 rings (SSSR count). The summed E-state index contributed by atoms with van der Waals surface area (Å²) in [4.78, 5) is 12.2. The molecule has 4 heteroatoms. The van der Waals surface area contributed by atoms with Gasteiger partial charge in [0.25, 0.3) is 0 Å². The van der Waals surface area contributed by atoms with Gasteiger partial charge in [-0.3, -0.25) is 4.79 Å². The molecule has 0 aliphatic carbocycles. The van der Waals surface area contributed by atoms with Crippen LogP contribution in [-0.4, -0.2) is 12.9 Å². The third kappa shape index (κ3) is 3.17. The molecule has 0 aliphatic rings. The van der Waals surface area contributed by atoms with Crippen LogP contribution in [0.1, 0.15) is 21.3 Å². The zero-order chi connectivity index (χ0) is 13.8. The molecule has 0 saturated heterocycles. The largest absolute Gasteiger partial charge is 0.496 e. The van der Waals surface area contributed by atoms with E-state index < -0.39 is 5.38 Å². The molecule has 0 aromatic heterocycles. The average molecular weight is 340 g/mol. The smallest absolute Gasteiger partial charge is 0.185 e. The summed E-state index contributed by atoms with van der Waals surface area (Å²) in [6.07, 6.45) is 0. The fourth-order valence-electron chi connectivity index (χ4n) is 1.74. The standard InChI is InChI=1S/C15H12BrClO2/c1-19-13-8-7-11(9-12(13)16)14(17)15(18)10-5-3-2-4-6-10/h2-9,14H,1H3. The van der Waals surface area contributed by atoms with E-state index in [9.17, 15) is 4.79 Å². The van der Waals surface area contributed by atoms with Crippen LogP contribution in [0.5, 0.6) is 5.75 Å². The minimum absolute atomic E-state index is 0.112. The Balaban J connectivity index is 2.27. The minimum atomic E-state index is -0.704. The highest BCUT2D eigenvalue weighted by Gasteiger charge is 2.20. The number of halogens is 2. The highest BCUT2D eigenvalue weighted by molar-refractivity contribution is 9.10. The average Bonchev–Trinajstić information content (AvgIpc) is 2.46. The van der Waals surface area contributed by atoms with Gasteiger partial charge in [0, 0.05) is 5.56 Å². The Morgan fingerprint density at radius 3 is 2.47 bits per heavy atom. The first-order chi connectivity index (χ1) is 9.13. The number of alkyl halides is 1. The van der Waals surface area contributed by atoms with Crippen LogP contribution < -0.4 is 4.74 Å². The van der Waals surface area contributed by atoms with E-state index in [4.69, 9.17) is 16.3 Å². The SMILES string of the molecule is COc1ccc(C(Cl)C(=O)c2ccccc2)cc1Br. The van der Waals surface area contributed by atoms with Crippen molar-refractivity contribution >= 4 is 33.3 Å². The van der Waals surface area contributed by atoms with E-state index in [-0.39, 0.29) is 5.78 Å². The van der Waals surface area contributed by atoms with E-state index in [0.29, 0.717) is 11.3 Å². The van der Waals surface area contributed by atoms with E-state index in [1.807, 2.05) is 18.2 Å². The lowest BCUT2D eigenvalue weighted by atomic mass is 10.0. The zero-order valence-corrected chi connectivity index (χ0v) is 12.6. The van der Waals surface area contributed by atoms with Gasteiger partial charge in [0.1, 0.15) is 11.1 Å². The Kier molecular flexibility index (Phi) is 4.61. The third-order valence-corrected chi connectivity index (χ3v) is 3.83. The number of ether oxygens (including phenoxy) is 1. The topological polar surface area (TPSA) is 26.3 Å². The summed E-state index contributed by atoms with van der Waals surface area (Å²) in [6.45, 7) is 0. The molecule has 0 saturated carbocycles. The summed E-state index contributed by atoms with van der Waals surface area (Å²) >= 11 is 9.63. The van der Waals surface area contributed by atoms with Crippen LogP contribution >= 0.6 is 27.5 Å². The van der Waals surface area contributed by atoms with Crippen molar-refractivity contribution in [2.24, 2.45) is 0 Å². The molecule has 1 unspecified atom stereocenters. The van der Waals surface area contributed by atoms with E-state index in [1.54, 1.807) is 37.4 Å². The molecular weight excluding hydrogens is 328 g/mol. The lowest BCUT2D eigenvalue weighted by Gasteiger charge is -2.11. The number of Topliss-reactive ketones (excluding diaryl/α,β-unsaturated/α-hetero) is 1. The van der Waals surface area contributed by atoms with Crippen molar-refractivity contribution < 1.29 is 9.53 Å². The summed E-state index contributed by atoms with van der Waals surface area (Å²) < 4.78 is 5.93. The summed E-state index contributed by atoms with van der Waals surface area (Å²) in [5.41, 5.74) is 1.35. The van der Waals surface area contributed by atoms with Crippen LogP contribution in [0.3, 0.4) is 0 Å². The van der Waals surface area contributed by atoms with Crippen molar-refractivity contribution in [2.75, 3.05) is 7.11 Å². The lowest BCUT2D eigenvalue weighted by Crippen LogP contribution is -2.07. The second-order valence-electron chi connectivity index (χ2n) is 3.99. The fraction of sp³-hybridized carbons (Fsp3) is 0.133. The van der Waals surface area contributed by atoms with Gasteiger partial charge >= 0.3 is 0 Å². The number of hydrogen-bond donors (Lipinski definition) is 0. The number of methoxy groups -OCH3 is 1. The molecule has 0 fully saturated rings. The molecule has 0 radical (unpaired) electrons. The molecule has 0 bridgehead atoms. The maximum atomic E-state index is 12.2. The predicted octanol–water partition coefficient (Wildman–Crippen LogP) is 4.62. The summed E-state index contributed by atoms with van der Waals surface area (Å²) in [7, 11) is 1.59. The number of hydrogen-bond acceptors (Lipinski definition) is 2. The van der Waals surface area contributed by atoms with Gasteiger partial charge in [-0.15, -0.1) is 11.6 Å². The van der Waals surface area contributed by atoms with E-state index in [1.165, 1.54) is 0 Å². The van der Waals surface area contributed by atoms with Crippen LogP contribution in [0.15, 0.2) is 53.0 Å². The number of ketones is 1. The van der Waals surface area contributed by atoms with Crippen molar-refractivity contribution in [3.8, 4) is 5.75 Å². The first kappa shape index (κ1) is 14.1. The molecule has 2 aromatic carbocycles. The molecule has 0 heterocycles. The molecule has 0 N–H and O–H groups in total. The van der Waals surface area contributed by atoms with Gasteiger partial charge in [-0.1, -0.05) is 36.4 Å². The maximum absolute atomic E-state index is 12.2. The van der Waals surface area contributed by atoms with Crippen LogP contribution in [0.4, 0.5) is 0 Å². The van der Waals surface area contributed by atoms with Crippen LogP contribution in [-0.2, 0) is 0 Å². The van der Waals surface area contributed by atoms with Crippen LogP contribution in [0.2, 0.25) is 0 Å². The highest BCUT2D eigenvalue weighted by Crippen LogP contribution is 2.32. The Morgan fingerprint density at radius 2 is 1.89 bits per heavy atom. The first-order valence-electron chi connectivity index (χ1n) is 5.70. The van der Waals surface area contributed by atoms with Gasteiger partial charge in [0.2, 0.25) is 0 Å². The number of carbonyl (C=O) groups excluding carboxylic acids is 1. The highest BCUT2D eigenvalue weighted by atomic mass is 79.9. The summed E-state index contributed by atoms with van der Waals surface area (Å²) in [6, 6.07) is 14.4. The van der Waals surface area contributed by atoms with Crippen molar-refractivity contribution in [3.63, 3.8) is 0 Å². The molecule has 0 aliphatic heterocycles. The van der Waals surface area contributed by atoms with Crippen LogP contribution in [0.25, 0.3) is 0 Å². The van der Waals surface area contributed by atoms with Gasteiger partial charge in [0.05, 0.1) is 11.6 Å². The molecule has 1 atom stereocenters. The maximum Gasteiger partial charge on any atom is 0.185 e. The van der Waals surface area contributed by atoms with Gasteiger partial charge < -0.3 is 4.74 Å². The predicted molar refractivity (Wildman–Crippen MR) is 80.1 cm³/mol. The lowest BCUT2D eigenvalue weighted by molar-refractivity contribution is 0.0987. The summed E-state index contributed by atoms with van der Waals surface area (Å²) in [5.74, 6) is 0.596. The molecule has 2 nitrogen and oxygen atoms in total. The quantitative estimate of drug-likeness (QED) is 0.600. The van der Waals surface area contributed by atoms with E-state index >= 15 is 0 Å². The Hall–Kier alpha value is -1.32. The Bertz CT molecular complexity index is 584. The molecule has 0 amide bonds. The van der Waals surface area contributed by atoms with E-state index in [0.717, 1.165) is 10.0 Å². The van der Waals surface area contributed by atoms with Gasteiger partial charge in [0.15, 0.2) is 5.78 Å². The monoisotopic (exact) mass is 338 g/mol. The normalized spacial score (nSPS) is 11.9. The second-order valence-corrected chi connectivity index (χ2v) is 5.28. The number of rotatable bonds is 4.